The molecule has 0 aliphatic carbocycles. The lowest BCUT2D eigenvalue weighted by atomic mass is 9.88. The summed E-state index contributed by atoms with van der Waals surface area (Å²) in [6.45, 7) is 4.07. The zero-order valence-electron chi connectivity index (χ0n) is 23.2. The molecule has 1 aliphatic heterocycles. The molecule has 4 heteroatoms. The van der Waals surface area contributed by atoms with Gasteiger partial charge in [0, 0.05) is 19.8 Å². The highest BCUT2D eigenvalue weighted by molar-refractivity contribution is 5.67. The van der Waals surface area contributed by atoms with Crippen LogP contribution in [0.3, 0.4) is 0 Å². The van der Waals surface area contributed by atoms with Gasteiger partial charge < -0.3 is 19.7 Å². The molecule has 1 unspecified atom stereocenters. The van der Waals surface area contributed by atoms with Crippen LogP contribution in [0.25, 0.3) is 11.1 Å². The predicted molar refractivity (Wildman–Crippen MR) is 153 cm³/mol. The summed E-state index contributed by atoms with van der Waals surface area (Å²) in [7, 11) is 0. The van der Waals surface area contributed by atoms with Crippen molar-refractivity contribution < 1.29 is 19.7 Å². The standard InChI is InChI=1S/C33H50O4/c1-2-3-4-5-6-7-12-27-16-18-28(19-17-27)31-25-29(13-10-21-34)32(30(26-31)14-11-22-35)20-24-37-33-15-8-9-23-36-33/h16-19,25-26,33-35H,2-15,20-24H2,1H3. The van der Waals surface area contributed by atoms with E-state index in [1.807, 2.05) is 0 Å². The van der Waals surface area contributed by atoms with Crippen molar-refractivity contribution in [2.75, 3.05) is 26.4 Å². The Balaban J connectivity index is 1.71. The molecule has 0 aromatic heterocycles. The van der Waals surface area contributed by atoms with Gasteiger partial charge in [-0.05, 0) is 97.6 Å². The molecule has 206 valence electrons. The van der Waals surface area contributed by atoms with E-state index in [1.165, 1.54) is 78.3 Å². The van der Waals surface area contributed by atoms with Crippen molar-refractivity contribution in [3.8, 4) is 11.1 Å². The van der Waals surface area contributed by atoms with Crippen LogP contribution in [0.15, 0.2) is 36.4 Å². The molecule has 2 aromatic rings. The topological polar surface area (TPSA) is 58.9 Å². The van der Waals surface area contributed by atoms with E-state index in [0.29, 0.717) is 6.61 Å². The van der Waals surface area contributed by atoms with Crippen LogP contribution in [-0.4, -0.2) is 42.9 Å². The second-order valence-electron chi connectivity index (χ2n) is 10.6. The second kappa shape index (κ2) is 17.7. The number of unbranched alkanes of at least 4 members (excludes halogenated alkanes) is 5. The Morgan fingerprint density at radius 3 is 2.05 bits per heavy atom. The molecule has 0 spiro atoms. The SMILES string of the molecule is CCCCCCCCc1ccc(-c2cc(CCCO)c(CCOC3CCCCO3)c(CCCO)c2)cc1. The Labute approximate surface area is 225 Å². The summed E-state index contributed by atoms with van der Waals surface area (Å²) in [6.07, 6.45) is 16.3. The fraction of sp³-hybridized carbons (Fsp3) is 0.636. The van der Waals surface area contributed by atoms with Gasteiger partial charge in [0.25, 0.3) is 0 Å². The van der Waals surface area contributed by atoms with Gasteiger partial charge in [0.2, 0.25) is 0 Å². The van der Waals surface area contributed by atoms with Crippen LogP contribution in [0.2, 0.25) is 0 Å². The molecule has 1 atom stereocenters. The third-order valence-electron chi connectivity index (χ3n) is 7.54. The molecule has 1 aliphatic rings. The molecular formula is C33H50O4. The van der Waals surface area contributed by atoms with E-state index in [0.717, 1.165) is 58.0 Å². The normalized spacial score (nSPS) is 15.8. The van der Waals surface area contributed by atoms with Gasteiger partial charge in [0.15, 0.2) is 6.29 Å². The highest BCUT2D eigenvalue weighted by atomic mass is 16.7. The summed E-state index contributed by atoms with van der Waals surface area (Å²) in [6, 6.07) is 13.7. The summed E-state index contributed by atoms with van der Waals surface area (Å²) in [5.74, 6) is 0. The third-order valence-corrected chi connectivity index (χ3v) is 7.54. The fourth-order valence-corrected chi connectivity index (χ4v) is 5.38. The molecule has 0 radical (unpaired) electrons. The summed E-state index contributed by atoms with van der Waals surface area (Å²) < 4.78 is 11.8. The predicted octanol–water partition coefficient (Wildman–Crippen LogP) is 7.19. The number of aliphatic hydroxyl groups excluding tert-OH is 2. The molecule has 0 saturated carbocycles. The Hall–Kier alpha value is -1.72. The lowest BCUT2D eigenvalue weighted by Gasteiger charge is -2.23. The summed E-state index contributed by atoms with van der Waals surface area (Å²) in [5.41, 5.74) is 7.79. The average molecular weight is 511 g/mol. The van der Waals surface area contributed by atoms with Crippen molar-refractivity contribution in [1.82, 2.24) is 0 Å². The van der Waals surface area contributed by atoms with Crippen molar-refractivity contribution in [1.29, 1.82) is 0 Å². The maximum Gasteiger partial charge on any atom is 0.157 e. The minimum absolute atomic E-state index is 0.0790. The first-order valence-electron chi connectivity index (χ1n) is 14.9. The van der Waals surface area contributed by atoms with Gasteiger partial charge in [-0.25, -0.2) is 0 Å². The molecule has 4 nitrogen and oxygen atoms in total. The third kappa shape index (κ3) is 10.5. The molecule has 3 rings (SSSR count). The zero-order chi connectivity index (χ0) is 26.1. The van der Waals surface area contributed by atoms with Gasteiger partial charge in [-0.2, -0.15) is 0 Å². The largest absolute Gasteiger partial charge is 0.396 e. The van der Waals surface area contributed by atoms with Gasteiger partial charge in [-0.1, -0.05) is 75.4 Å². The summed E-state index contributed by atoms with van der Waals surface area (Å²) in [4.78, 5) is 0. The number of benzene rings is 2. The van der Waals surface area contributed by atoms with E-state index in [9.17, 15) is 10.2 Å². The van der Waals surface area contributed by atoms with E-state index in [1.54, 1.807) is 0 Å². The van der Waals surface area contributed by atoms with E-state index in [4.69, 9.17) is 9.47 Å². The number of hydrogen-bond donors (Lipinski definition) is 2. The van der Waals surface area contributed by atoms with Crippen molar-refractivity contribution in [3.63, 3.8) is 0 Å². The van der Waals surface area contributed by atoms with Crippen molar-refractivity contribution >= 4 is 0 Å². The first kappa shape index (κ1) is 29.8. The first-order valence-corrected chi connectivity index (χ1v) is 14.9. The van der Waals surface area contributed by atoms with Gasteiger partial charge in [0.1, 0.15) is 0 Å². The van der Waals surface area contributed by atoms with Gasteiger partial charge in [0.05, 0.1) is 6.61 Å². The summed E-state index contributed by atoms with van der Waals surface area (Å²) in [5, 5.41) is 19.1. The lowest BCUT2D eigenvalue weighted by Crippen LogP contribution is -2.23. The first-order chi connectivity index (χ1) is 18.2. The number of ether oxygens (including phenoxy) is 2. The maximum absolute atomic E-state index is 9.55. The molecule has 2 N–H and O–H groups in total. The molecular weight excluding hydrogens is 460 g/mol. The zero-order valence-corrected chi connectivity index (χ0v) is 23.2. The monoisotopic (exact) mass is 510 g/mol. The van der Waals surface area contributed by atoms with Gasteiger partial charge in [-0.3, -0.25) is 0 Å². The molecule has 1 heterocycles. The fourth-order valence-electron chi connectivity index (χ4n) is 5.38. The van der Waals surface area contributed by atoms with Crippen LogP contribution in [-0.2, 0) is 35.2 Å². The van der Waals surface area contributed by atoms with Crippen molar-refractivity contribution in [2.45, 2.75) is 110 Å². The average Bonchev–Trinajstić information content (AvgIpc) is 2.94. The molecule has 37 heavy (non-hydrogen) atoms. The lowest BCUT2D eigenvalue weighted by molar-refractivity contribution is -0.161. The smallest absolute Gasteiger partial charge is 0.157 e. The molecule has 0 amide bonds. The van der Waals surface area contributed by atoms with E-state index in [-0.39, 0.29) is 19.5 Å². The van der Waals surface area contributed by atoms with Crippen LogP contribution in [0, 0.1) is 0 Å². The van der Waals surface area contributed by atoms with Crippen molar-refractivity contribution in [3.05, 3.63) is 58.7 Å². The second-order valence-corrected chi connectivity index (χ2v) is 10.6. The van der Waals surface area contributed by atoms with E-state index in [2.05, 4.69) is 43.3 Å². The molecule has 2 aromatic carbocycles. The van der Waals surface area contributed by atoms with E-state index >= 15 is 0 Å². The minimum atomic E-state index is -0.0790. The Morgan fingerprint density at radius 1 is 0.757 bits per heavy atom. The van der Waals surface area contributed by atoms with Crippen LogP contribution >= 0.6 is 0 Å². The van der Waals surface area contributed by atoms with Gasteiger partial charge in [-0.15, -0.1) is 0 Å². The molecule has 1 fully saturated rings. The summed E-state index contributed by atoms with van der Waals surface area (Å²) >= 11 is 0. The Kier molecular flexibility index (Phi) is 14.3. The van der Waals surface area contributed by atoms with Crippen molar-refractivity contribution in [2.24, 2.45) is 0 Å². The minimum Gasteiger partial charge on any atom is -0.396 e. The highest BCUT2D eigenvalue weighted by Crippen LogP contribution is 2.29. The molecule has 1 saturated heterocycles. The Morgan fingerprint density at radius 2 is 1.43 bits per heavy atom. The van der Waals surface area contributed by atoms with Crippen LogP contribution in [0.5, 0.6) is 0 Å². The number of rotatable bonds is 18. The number of hydrogen-bond acceptors (Lipinski definition) is 4. The Bertz CT molecular complexity index is 841. The maximum atomic E-state index is 9.55. The number of aryl methyl sites for hydroxylation is 3. The number of aliphatic hydroxyl groups is 2. The van der Waals surface area contributed by atoms with Gasteiger partial charge >= 0.3 is 0 Å². The highest BCUT2D eigenvalue weighted by Gasteiger charge is 2.16. The van der Waals surface area contributed by atoms with Crippen LogP contribution in [0.4, 0.5) is 0 Å². The van der Waals surface area contributed by atoms with Crippen LogP contribution in [0.1, 0.15) is 99.8 Å². The van der Waals surface area contributed by atoms with Crippen LogP contribution < -0.4 is 0 Å². The quantitative estimate of drug-likeness (QED) is 0.208. The van der Waals surface area contributed by atoms with E-state index < -0.39 is 0 Å². The molecule has 0 bridgehead atoms.